The van der Waals surface area contributed by atoms with Crippen LogP contribution in [0.5, 0.6) is 0 Å². The first kappa shape index (κ1) is 18.5. The van der Waals surface area contributed by atoms with Crippen molar-refractivity contribution < 1.29 is 19.5 Å². The van der Waals surface area contributed by atoms with E-state index in [1.165, 1.54) is 4.90 Å². The number of nitrogens with zero attached hydrogens (tertiary/aromatic N) is 1. The van der Waals surface area contributed by atoms with Crippen LogP contribution in [-0.4, -0.2) is 47.9 Å². The number of carboxylic acid groups (broad SMARTS) is 1. The molecule has 2 unspecified atom stereocenters. The van der Waals surface area contributed by atoms with Crippen LogP contribution in [-0.2, 0) is 14.4 Å². The molecule has 6 nitrogen and oxygen atoms in total. The van der Waals surface area contributed by atoms with Crippen molar-refractivity contribution in [3.63, 3.8) is 0 Å². The molecule has 2 amide bonds. The molecule has 126 valence electrons. The normalized spacial score (nSPS) is 22.3. The van der Waals surface area contributed by atoms with E-state index >= 15 is 0 Å². The minimum Gasteiger partial charge on any atom is -0.481 e. The van der Waals surface area contributed by atoms with Crippen molar-refractivity contribution in [2.24, 2.45) is 5.92 Å². The Morgan fingerprint density at radius 2 is 1.68 bits per heavy atom. The van der Waals surface area contributed by atoms with E-state index in [4.69, 9.17) is 0 Å². The van der Waals surface area contributed by atoms with E-state index < -0.39 is 11.9 Å². The lowest BCUT2D eigenvalue weighted by molar-refractivity contribution is -0.143. The maximum atomic E-state index is 12.0. The van der Waals surface area contributed by atoms with Crippen LogP contribution >= 0.6 is 0 Å². The number of amides is 2. The third-order valence-electron chi connectivity index (χ3n) is 4.22. The van der Waals surface area contributed by atoms with Crippen LogP contribution in [0.2, 0.25) is 0 Å². The second-order valence-corrected chi connectivity index (χ2v) is 6.25. The van der Waals surface area contributed by atoms with E-state index in [-0.39, 0.29) is 24.3 Å². The van der Waals surface area contributed by atoms with E-state index in [9.17, 15) is 19.5 Å². The average molecular weight is 312 g/mol. The molecule has 1 saturated carbocycles. The first-order valence-corrected chi connectivity index (χ1v) is 8.14. The fraction of sp³-hybridized carbons (Fsp3) is 0.812. The molecule has 6 heteroatoms. The summed E-state index contributed by atoms with van der Waals surface area (Å²) in [6.45, 7) is 0. The zero-order chi connectivity index (χ0) is 16.5. The molecule has 2 atom stereocenters. The third kappa shape index (κ3) is 6.45. The summed E-state index contributed by atoms with van der Waals surface area (Å²) in [7, 11) is 3.38. The first-order valence-electron chi connectivity index (χ1n) is 8.14. The van der Waals surface area contributed by atoms with Crippen LogP contribution in [0.15, 0.2) is 0 Å². The van der Waals surface area contributed by atoms with Gasteiger partial charge in [-0.1, -0.05) is 25.7 Å². The largest absolute Gasteiger partial charge is 0.481 e. The van der Waals surface area contributed by atoms with Gasteiger partial charge in [0.15, 0.2) is 0 Å². The van der Waals surface area contributed by atoms with Crippen LogP contribution < -0.4 is 5.32 Å². The van der Waals surface area contributed by atoms with E-state index in [0.29, 0.717) is 19.3 Å². The average Bonchev–Trinajstić information content (AvgIpc) is 2.41. The summed E-state index contributed by atoms with van der Waals surface area (Å²) < 4.78 is 0. The van der Waals surface area contributed by atoms with Crippen LogP contribution in [0.1, 0.15) is 57.8 Å². The molecular weight excluding hydrogens is 284 g/mol. The van der Waals surface area contributed by atoms with Crippen molar-refractivity contribution in [3.8, 4) is 0 Å². The number of aliphatic carboxylic acids is 1. The summed E-state index contributed by atoms with van der Waals surface area (Å²) >= 11 is 0. The molecule has 0 heterocycles. The van der Waals surface area contributed by atoms with Gasteiger partial charge in [0.25, 0.3) is 0 Å². The molecule has 0 aromatic heterocycles. The Balaban J connectivity index is 2.44. The zero-order valence-corrected chi connectivity index (χ0v) is 13.6. The number of rotatable bonds is 6. The van der Waals surface area contributed by atoms with Crippen LogP contribution in [0, 0.1) is 5.92 Å². The minimum atomic E-state index is -0.824. The topological polar surface area (TPSA) is 86.7 Å². The summed E-state index contributed by atoms with van der Waals surface area (Å²) in [5.41, 5.74) is 0. The van der Waals surface area contributed by atoms with Crippen molar-refractivity contribution in [1.29, 1.82) is 0 Å². The SMILES string of the molecule is CN(C)C(=O)CCCC(=O)NC1CCCCCCC1C(=O)O. The van der Waals surface area contributed by atoms with E-state index in [1.54, 1.807) is 14.1 Å². The fourth-order valence-corrected chi connectivity index (χ4v) is 2.86. The van der Waals surface area contributed by atoms with Crippen molar-refractivity contribution in [2.75, 3.05) is 14.1 Å². The Morgan fingerprint density at radius 3 is 2.27 bits per heavy atom. The quantitative estimate of drug-likeness (QED) is 0.783. The lowest BCUT2D eigenvalue weighted by Gasteiger charge is -2.27. The number of carboxylic acids is 1. The molecule has 0 aliphatic heterocycles. The molecular formula is C16H28N2O4. The zero-order valence-electron chi connectivity index (χ0n) is 13.6. The monoisotopic (exact) mass is 312 g/mol. The number of hydrogen-bond acceptors (Lipinski definition) is 3. The Labute approximate surface area is 132 Å². The molecule has 0 saturated heterocycles. The second-order valence-electron chi connectivity index (χ2n) is 6.25. The van der Waals surface area contributed by atoms with Gasteiger partial charge in [0.2, 0.25) is 11.8 Å². The molecule has 1 aliphatic rings. The maximum absolute atomic E-state index is 12.0. The van der Waals surface area contributed by atoms with Gasteiger partial charge in [-0.25, -0.2) is 0 Å². The molecule has 0 aromatic rings. The smallest absolute Gasteiger partial charge is 0.308 e. The predicted molar refractivity (Wildman–Crippen MR) is 83.3 cm³/mol. The molecule has 0 bridgehead atoms. The van der Waals surface area contributed by atoms with Gasteiger partial charge in [-0.3, -0.25) is 14.4 Å². The summed E-state index contributed by atoms with van der Waals surface area (Å²) in [5, 5.41) is 12.2. The van der Waals surface area contributed by atoms with E-state index in [0.717, 1.165) is 32.1 Å². The second kappa shape index (κ2) is 9.43. The Morgan fingerprint density at radius 1 is 1.05 bits per heavy atom. The van der Waals surface area contributed by atoms with Crippen LogP contribution in [0.25, 0.3) is 0 Å². The number of hydrogen-bond donors (Lipinski definition) is 2. The lowest BCUT2D eigenvalue weighted by Crippen LogP contribution is -2.43. The summed E-state index contributed by atoms with van der Waals surface area (Å²) in [5.74, 6) is -1.46. The first-order chi connectivity index (χ1) is 10.4. The summed E-state index contributed by atoms with van der Waals surface area (Å²) in [6, 6.07) is -0.283. The highest BCUT2D eigenvalue weighted by Crippen LogP contribution is 2.23. The third-order valence-corrected chi connectivity index (χ3v) is 4.22. The molecule has 0 spiro atoms. The van der Waals surface area contributed by atoms with Gasteiger partial charge in [0.05, 0.1) is 5.92 Å². The van der Waals surface area contributed by atoms with Gasteiger partial charge in [0.1, 0.15) is 0 Å². The van der Waals surface area contributed by atoms with Crippen molar-refractivity contribution in [1.82, 2.24) is 10.2 Å². The molecule has 22 heavy (non-hydrogen) atoms. The molecule has 1 rings (SSSR count). The molecule has 1 fully saturated rings. The highest BCUT2D eigenvalue weighted by molar-refractivity contribution is 5.79. The Bertz CT molecular complexity index is 396. The van der Waals surface area contributed by atoms with Gasteiger partial charge in [-0.2, -0.15) is 0 Å². The van der Waals surface area contributed by atoms with Crippen molar-refractivity contribution in [2.45, 2.75) is 63.8 Å². The van der Waals surface area contributed by atoms with Crippen LogP contribution in [0.4, 0.5) is 0 Å². The van der Waals surface area contributed by atoms with E-state index in [2.05, 4.69) is 5.32 Å². The Hall–Kier alpha value is -1.59. The number of carbonyl (C=O) groups is 3. The van der Waals surface area contributed by atoms with Crippen molar-refractivity contribution in [3.05, 3.63) is 0 Å². The van der Waals surface area contributed by atoms with E-state index in [1.807, 2.05) is 0 Å². The minimum absolute atomic E-state index is 0.00201. The predicted octanol–water partition coefficient (Wildman–Crippen LogP) is 1.78. The number of carbonyl (C=O) groups excluding carboxylic acids is 2. The Kier molecular flexibility index (Phi) is 7.91. The molecule has 2 N–H and O–H groups in total. The van der Waals surface area contributed by atoms with Gasteiger partial charge < -0.3 is 15.3 Å². The van der Waals surface area contributed by atoms with Gasteiger partial charge in [-0.15, -0.1) is 0 Å². The van der Waals surface area contributed by atoms with Crippen LogP contribution in [0.3, 0.4) is 0 Å². The summed E-state index contributed by atoms with van der Waals surface area (Å²) in [4.78, 5) is 36.4. The highest BCUT2D eigenvalue weighted by atomic mass is 16.4. The fourth-order valence-electron chi connectivity index (χ4n) is 2.86. The lowest BCUT2D eigenvalue weighted by atomic mass is 9.86. The van der Waals surface area contributed by atoms with Gasteiger partial charge >= 0.3 is 5.97 Å². The number of nitrogens with one attached hydrogen (secondary N) is 1. The van der Waals surface area contributed by atoms with Crippen molar-refractivity contribution >= 4 is 17.8 Å². The highest BCUT2D eigenvalue weighted by Gasteiger charge is 2.29. The standard InChI is InChI=1S/C16H28N2O4/c1-18(2)15(20)11-7-10-14(19)17-13-9-6-4-3-5-8-12(13)16(21)22/h12-13H,3-11H2,1-2H3,(H,17,19)(H,21,22). The summed E-state index contributed by atoms with van der Waals surface area (Å²) in [6.07, 6.45) is 6.46. The molecule has 1 aliphatic carbocycles. The maximum Gasteiger partial charge on any atom is 0.308 e. The van der Waals surface area contributed by atoms with Gasteiger partial charge in [-0.05, 0) is 19.3 Å². The molecule has 0 aromatic carbocycles. The molecule has 0 radical (unpaired) electrons. The van der Waals surface area contributed by atoms with Gasteiger partial charge in [0, 0.05) is 33.0 Å².